The average molecular weight is 234 g/mol. The van der Waals surface area contributed by atoms with Gasteiger partial charge in [0.15, 0.2) is 0 Å². The summed E-state index contributed by atoms with van der Waals surface area (Å²) in [5.41, 5.74) is 0.659. The quantitative estimate of drug-likeness (QED) is 0.853. The summed E-state index contributed by atoms with van der Waals surface area (Å²) in [5.74, 6) is -0.877. The Morgan fingerprint density at radius 3 is 3.12 bits per heavy atom. The minimum atomic E-state index is -0.953. The summed E-state index contributed by atoms with van der Waals surface area (Å²) in [6.07, 6.45) is 1.40. The van der Waals surface area contributed by atoms with Crippen LogP contribution in [0.5, 0.6) is 0 Å². The van der Waals surface area contributed by atoms with Crippen LogP contribution in [0.3, 0.4) is 0 Å². The van der Waals surface area contributed by atoms with Gasteiger partial charge in [0.2, 0.25) is 0 Å². The molecule has 80 valence electrons. The van der Waals surface area contributed by atoms with E-state index in [-0.39, 0.29) is 10.7 Å². The van der Waals surface area contributed by atoms with Gasteiger partial charge in [0.1, 0.15) is 17.3 Å². The highest BCUT2D eigenvalue weighted by Gasteiger charge is 2.12. The standard InChI is InChI=1S/C9H6N4O2S/c10-3-7-11-5-13(12-7)4-6-1-2-16-8(6)9(14)15/h1-2,5H,4H2,(H,14,15). The van der Waals surface area contributed by atoms with Gasteiger partial charge in [-0.3, -0.25) is 0 Å². The molecule has 0 spiro atoms. The van der Waals surface area contributed by atoms with Crippen molar-refractivity contribution >= 4 is 17.3 Å². The van der Waals surface area contributed by atoms with Crippen LogP contribution in [0.4, 0.5) is 0 Å². The van der Waals surface area contributed by atoms with E-state index in [1.807, 2.05) is 6.07 Å². The van der Waals surface area contributed by atoms with Crippen LogP contribution in [-0.2, 0) is 6.54 Å². The van der Waals surface area contributed by atoms with Crippen molar-refractivity contribution in [3.8, 4) is 6.07 Å². The van der Waals surface area contributed by atoms with E-state index in [4.69, 9.17) is 10.4 Å². The van der Waals surface area contributed by atoms with Crippen molar-refractivity contribution in [3.05, 3.63) is 34.0 Å². The second-order valence-electron chi connectivity index (χ2n) is 2.96. The first-order valence-corrected chi connectivity index (χ1v) is 5.18. The van der Waals surface area contributed by atoms with E-state index < -0.39 is 5.97 Å². The van der Waals surface area contributed by atoms with E-state index in [0.717, 1.165) is 11.3 Å². The summed E-state index contributed by atoms with van der Waals surface area (Å²) in [5, 5.41) is 23.0. The molecule has 0 radical (unpaired) electrons. The summed E-state index contributed by atoms with van der Waals surface area (Å²) in [7, 11) is 0. The summed E-state index contributed by atoms with van der Waals surface area (Å²) >= 11 is 1.16. The smallest absolute Gasteiger partial charge is 0.346 e. The van der Waals surface area contributed by atoms with Crippen LogP contribution in [-0.4, -0.2) is 25.8 Å². The number of thiophene rings is 1. The number of hydrogen-bond acceptors (Lipinski definition) is 5. The Labute approximate surface area is 94.4 Å². The van der Waals surface area contributed by atoms with Crippen LogP contribution in [0, 0.1) is 11.3 Å². The molecule has 0 amide bonds. The summed E-state index contributed by atoms with van der Waals surface area (Å²) < 4.78 is 1.44. The van der Waals surface area contributed by atoms with E-state index in [2.05, 4.69) is 10.1 Å². The summed E-state index contributed by atoms with van der Waals surface area (Å²) in [4.78, 5) is 14.9. The molecule has 0 saturated carbocycles. The zero-order chi connectivity index (χ0) is 11.5. The van der Waals surface area contributed by atoms with Crippen LogP contribution in [0.15, 0.2) is 17.8 Å². The van der Waals surface area contributed by atoms with Crippen molar-refractivity contribution in [3.63, 3.8) is 0 Å². The van der Waals surface area contributed by atoms with Gasteiger partial charge >= 0.3 is 5.97 Å². The van der Waals surface area contributed by atoms with Gasteiger partial charge in [0, 0.05) is 0 Å². The maximum absolute atomic E-state index is 10.8. The molecule has 0 saturated heterocycles. The zero-order valence-corrected chi connectivity index (χ0v) is 8.81. The summed E-state index contributed by atoms with van der Waals surface area (Å²) in [6, 6.07) is 3.53. The van der Waals surface area contributed by atoms with Gasteiger partial charge in [-0.25, -0.2) is 14.5 Å². The van der Waals surface area contributed by atoms with Crippen LogP contribution in [0.2, 0.25) is 0 Å². The Balaban J connectivity index is 2.24. The lowest BCUT2D eigenvalue weighted by atomic mass is 10.2. The molecule has 2 aromatic heterocycles. The molecule has 2 aromatic rings. The first-order valence-electron chi connectivity index (χ1n) is 4.30. The maximum Gasteiger partial charge on any atom is 0.346 e. The van der Waals surface area contributed by atoms with Gasteiger partial charge in [-0.15, -0.1) is 16.4 Å². The molecule has 2 heterocycles. The molecule has 0 aliphatic heterocycles. The minimum absolute atomic E-state index is 0.0760. The van der Waals surface area contributed by atoms with Crippen molar-refractivity contribution in [2.24, 2.45) is 0 Å². The lowest BCUT2D eigenvalue weighted by Crippen LogP contribution is -2.04. The van der Waals surface area contributed by atoms with Crippen molar-refractivity contribution in [1.29, 1.82) is 5.26 Å². The monoisotopic (exact) mass is 234 g/mol. The molecular weight excluding hydrogens is 228 g/mol. The zero-order valence-electron chi connectivity index (χ0n) is 7.99. The second-order valence-corrected chi connectivity index (χ2v) is 3.87. The fourth-order valence-electron chi connectivity index (χ4n) is 1.24. The molecule has 0 aliphatic carbocycles. The van der Waals surface area contributed by atoms with E-state index in [1.165, 1.54) is 11.0 Å². The van der Waals surface area contributed by atoms with Crippen molar-refractivity contribution < 1.29 is 9.90 Å². The van der Waals surface area contributed by atoms with Gasteiger partial charge in [0.05, 0.1) is 6.54 Å². The highest BCUT2D eigenvalue weighted by molar-refractivity contribution is 7.12. The second kappa shape index (κ2) is 4.12. The van der Waals surface area contributed by atoms with Crippen LogP contribution in [0.1, 0.15) is 21.1 Å². The fraction of sp³-hybridized carbons (Fsp3) is 0.111. The molecule has 7 heteroatoms. The predicted molar refractivity (Wildman–Crippen MR) is 55.1 cm³/mol. The molecule has 6 nitrogen and oxygen atoms in total. The third-order valence-corrected chi connectivity index (χ3v) is 2.85. The molecule has 1 N–H and O–H groups in total. The Morgan fingerprint density at radius 2 is 2.50 bits per heavy atom. The topological polar surface area (TPSA) is 91.8 Å². The number of rotatable bonds is 3. The van der Waals surface area contributed by atoms with Crippen LogP contribution < -0.4 is 0 Å². The van der Waals surface area contributed by atoms with Crippen molar-refractivity contribution in [1.82, 2.24) is 14.8 Å². The largest absolute Gasteiger partial charge is 0.477 e. The molecule has 0 fully saturated rings. The molecular formula is C9H6N4O2S. The van der Waals surface area contributed by atoms with Crippen molar-refractivity contribution in [2.45, 2.75) is 6.54 Å². The van der Waals surface area contributed by atoms with E-state index in [1.54, 1.807) is 11.4 Å². The van der Waals surface area contributed by atoms with Gasteiger partial charge in [0.25, 0.3) is 5.82 Å². The molecule has 2 rings (SSSR count). The van der Waals surface area contributed by atoms with Crippen LogP contribution >= 0.6 is 11.3 Å². The van der Waals surface area contributed by atoms with Gasteiger partial charge in [-0.1, -0.05) is 0 Å². The number of aromatic carboxylic acids is 1. The Hall–Kier alpha value is -2.20. The number of nitrogens with zero attached hydrogens (tertiary/aromatic N) is 4. The van der Waals surface area contributed by atoms with Crippen LogP contribution in [0.25, 0.3) is 0 Å². The van der Waals surface area contributed by atoms with E-state index >= 15 is 0 Å². The first kappa shape index (κ1) is 10.3. The number of carbonyl (C=O) groups is 1. The molecule has 0 aromatic carbocycles. The maximum atomic E-state index is 10.8. The van der Waals surface area contributed by atoms with Crippen molar-refractivity contribution in [2.75, 3.05) is 0 Å². The molecule has 0 aliphatic rings. The third kappa shape index (κ3) is 1.92. The molecule has 0 bridgehead atoms. The first-order chi connectivity index (χ1) is 7.70. The highest BCUT2D eigenvalue weighted by atomic mass is 32.1. The van der Waals surface area contributed by atoms with Gasteiger partial charge in [-0.2, -0.15) is 5.26 Å². The number of nitriles is 1. The number of carboxylic acids is 1. The number of aromatic nitrogens is 3. The highest BCUT2D eigenvalue weighted by Crippen LogP contribution is 2.17. The van der Waals surface area contributed by atoms with E-state index in [9.17, 15) is 4.79 Å². The average Bonchev–Trinajstić information content (AvgIpc) is 2.87. The summed E-state index contributed by atoms with van der Waals surface area (Å²) in [6.45, 7) is 0.305. The SMILES string of the molecule is N#Cc1ncn(Cc2ccsc2C(=O)O)n1. The third-order valence-electron chi connectivity index (χ3n) is 1.91. The van der Waals surface area contributed by atoms with E-state index in [0.29, 0.717) is 12.1 Å². The lowest BCUT2D eigenvalue weighted by molar-refractivity contribution is 0.0701. The number of hydrogen-bond donors (Lipinski definition) is 1. The minimum Gasteiger partial charge on any atom is -0.477 e. The fourth-order valence-corrected chi connectivity index (χ4v) is 2.00. The molecule has 16 heavy (non-hydrogen) atoms. The number of carboxylic acid groups (broad SMARTS) is 1. The van der Waals surface area contributed by atoms with Gasteiger partial charge < -0.3 is 5.11 Å². The normalized spacial score (nSPS) is 9.94. The Kier molecular flexibility index (Phi) is 2.66. The lowest BCUT2D eigenvalue weighted by Gasteiger charge is -1.99. The predicted octanol–water partition coefficient (Wildman–Crippen LogP) is 0.958. The Bertz CT molecular complexity index is 566. The Morgan fingerprint density at radius 1 is 1.69 bits per heavy atom. The van der Waals surface area contributed by atoms with Gasteiger partial charge in [-0.05, 0) is 17.0 Å². The molecule has 0 unspecified atom stereocenters. The molecule has 0 atom stereocenters.